The van der Waals surface area contributed by atoms with Gasteiger partial charge in [-0.25, -0.2) is 0 Å². The number of nitrogens with one attached hydrogen (secondary N) is 2. The Labute approximate surface area is 185 Å². The van der Waals surface area contributed by atoms with Gasteiger partial charge in [0.15, 0.2) is 5.60 Å². The van der Waals surface area contributed by atoms with Gasteiger partial charge in [0.1, 0.15) is 15.8 Å². The first kappa shape index (κ1) is 22.2. The summed E-state index contributed by atoms with van der Waals surface area (Å²) in [4.78, 5) is 24.2. The van der Waals surface area contributed by atoms with Crippen molar-refractivity contribution in [3.8, 4) is 11.5 Å². The largest absolute Gasteiger partial charge is 0.495 e. The summed E-state index contributed by atoms with van der Waals surface area (Å²) in [6.07, 6.45) is 0.726. The lowest BCUT2D eigenvalue weighted by Gasteiger charge is -2.26. The highest BCUT2D eigenvalue weighted by Crippen LogP contribution is 2.59. The Morgan fingerprint density at radius 1 is 1.10 bits per heavy atom. The van der Waals surface area contributed by atoms with Gasteiger partial charge >= 0.3 is 0 Å². The minimum Gasteiger partial charge on any atom is -0.495 e. The third-order valence-electron chi connectivity index (χ3n) is 4.80. The molecule has 0 aromatic heterocycles. The third-order valence-corrected chi connectivity index (χ3v) is 5.63. The average molecular weight is 451 g/mol. The summed E-state index contributed by atoms with van der Waals surface area (Å²) >= 11 is 12.2. The van der Waals surface area contributed by atoms with E-state index >= 15 is 0 Å². The highest BCUT2D eigenvalue weighted by molar-refractivity contribution is 6.51. The Morgan fingerprint density at radius 2 is 1.73 bits per heavy atom. The van der Waals surface area contributed by atoms with Crippen molar-refractivity contribution < 1.29 is 19.1 Å². The zero-order chi connectivity index (χ0) is 22.1. The third kappa shape index (κ3) is 5.18. The monoisotopic (exact) mass is 450 g/mol. The molecule has 1 aliphatic rings. The summed E-state index contributed by atoms with van der Waals surface area (Å²) in [5, 5.41) is 5.49. The zero-order valence-electron chi connectivity index (χ0n) is 17.2. The lowest BCUT2D eigenvalue weighted by atomic mass is 10.1. The molecule has 0 heterocycles. The maximum Gasteiger partial charge on any atom is 0.268 e. The Bertz CT molecular complexity index is 958. The van der Waals surface area contributed by atoms with Gasteiger partial charge in [0.2, 0.25) is 5.91 Å². The minimum atomic E-state index is -1.17. The number of rotatable bonds is 7. The number of amides is 2. The average Bonchev–Trinajstić information content (AvgIpc) is 3.30. The number of carbonyl (C=O) groups is 2. The van der Waals surface area contributed by atoms with Crippen LogP contribution in [0.1, 0.15) is 38.7 Å². The van der Waals surface area contributed by atoms with Crippen molar-refractivity contribution in [3.63, 3.8) is 0 Å². The summed E-state index contributed by atoms with van der Waals surface area (Å²) in [5.41, 5.74) is 0.839. The van der Waals surface area contributed by atoms with E-state index < -0.39 is 9.93 Å². The number of halogens is 2. The summed E-state index contributed by atoms with van der Waals surface area (Å²) in [6.45, 7) is 4.75. The second kappa shape index (κ2) is 8.36. The summed E-state index contributed by atoms with van der Waals surface area (Å²) in [6, 6.07) is 12.4. The van der Waals surface area contributed by atoms with E-state index in [-0.39, 0.29) is 17.7 Å². The van der Waals surface area contributed by atoms with E-state index in [1.54, 1.807) is 44.2 Å². The standard InChI is InChI=1S/C22H24Cl2N2O4/c1-13(27)25-15-7-10-19(29-4)18(11-15)26-20(28)21(2,3)30-16-8-5-14(6-9-16)17-12-22(17,23)24/h5-11,17H,12H2,1-4H3,(H,25,27)(H,26,28)/t17-/m0/s1. The van der Waals surface area contributed by atoms with Crippen LogP contribution in [0.5, 0.6) is 11.5 Å². The van der Waals surface area contributed by atoms with Gasteiger partial charge in [-0.2, -0.15) is 0 Å². The molecule has 0 bridgehead atoms. The second-order valence-corrected chi connectivity index (χ2v) is 9.29. The highest BCUT2D eigenvalue weighted by atomic mass is 35.5. The van der Waals surface area contributed by atoms with Gasteiger partial charge in [-0.1, -0.05) is 12.1 Å². The highest BCUT2D eigenvalue weighted by Gasteiger charge is 2.52. The zero-order valence-corrected chi connectivity index (χ0v) is 18.7. The number of ether oxygens (including phenoxy) is 2. The minimum absolute atomic E-state index is 0.120. The summed E-state index contributed by atoms with van der Waals surface area (Å²) in [5.74, 6) is 0.555. The Hall–Kier alpha value is -2.44. The smallest absolute Gasteiger partial charge is 0.268 e. The van der Waals surface area contributed by atoms with Crippen molar-refractivity contribution in [1.82, 2.24) is 0 Å². The number of methoxy groups -OCH3 is 1. The molecular weight excluding hydrogens is 427 g/mol. The number of anilines is 2. The molecule has 0 unspecified atom stereocenters. The molecular formula is C22H24Cl2N2O4. The Morgan fingerprint density at radius 3 is 2.27 bits per heavy atom. The lowest BCUT2D eigenvalue weighted by Crippen LogP contribution is -2.42. The second-order valence-electron chi connectivity index (χ2n) is 7.75. The molecule has 1 atom stereocenters. The molecule has 3 rings (SSSR count). The molecule has 8 heteroatoms. The molecule has 0 saturated heterocycles. The van der Waals surface area contributed by atoms with E-state index in [4.69, 9.17) is 32.7 Å². The van der Waals surface area contributed by atoms with Gasteiger partial charge in [0.05, 0.1) is 12.8 Å². The van der Waals surface area contributed by atoms with E-state index in [1.807, 2.05) is 12.1 Å². The van der Waals surface area contributed by atoms with Gasteiger partial charge in [-0.05, 0) is 56.2 Å². The molecule has 6 nitrogen and oxygen atoms in total. The summed E-state index contributed by atoms with van der Waals surface area (Å²) in [7, 11) is 1.50. The normalized spacial score (nSPS) is 17.1. The topological polar surface area (TPSA) is 76.7 Å². The van der Waals surface area contributed by atoms with Crippen molar-refractivity contribution in [1.29, 1.82) is 0 Å². The predicted molar refractivity (Wildman–Crippen MR) is 119 cm³/mol. The van der Waals surface area contributed by atoms with Crippen LogP contribution in [0.25, 0.3) is 0 Å². The first-order chi connectivity index (χ1) is 14.0. The molecule has 2 N–H and O–H groups in total. The quantitative estimate of drug-likeness (QED) is 0.574. The lowest BCUT2D eigenvalue weighted by molar-refractivity contribution is -0.128. The van der Waals surface area contributed by atoms with Gasteiger partial charge in [0, 0.05) is 18.5 Å². The van der Waals surface area contributed by atoms with Crippen LogP contribution in [0.15, 0.2) is 42.5 Å². The van der Waals surface area contributed by atoms with E-state index in [0.717, 1.165) is 12.0 Å². The van der Waals surface area contributed by atoms with Crippen LogP contribution in [-0.2, 0) is 9.59 Å². The van der Waals surface area contributed by atoms with E-state index in [0.29, 0.717) is 22.9 Å². The van der Waals surface area contributed by atoms with Crippen molar-refractivity contribution in [2.24, 2.45) is 0 Å². The molecule has 0 radical (unpaired) electrons. The maximum absolute atomic E-state index is 12.9. The molecule has 0 spiro atoms. The van der Waals surface area contributed by atoms with Crippen molar-refractivity contribution >= 4 is 46.4 Å². The number of hydrogen-bond donors (Lipinski definition) is 2. The van der Waals surface area contributed by atoms with Gasteiger partial charge < -0.3 is 20.1 Å². The first-order valence-corrected chi connectivity index (χ1v) is 10.2. The summed E-state index contributed by atoms with van der Waals surface area (Å²) < 4.78 is 10.5. The molecule has 1 aliphatic carbocycles. The van der Waals surface area contributed by atoms with Crippen LogP contribution >= 0.6 is 23.2 Å². The van der Waals surface area contributed by atoms with Crippen LogP contribution in [0.2, 0.25) is 0 Å². The molecule has 1 fully saturated rings. The Kier molecular flexibility index (Phi) is 6.20. The Balaban J connectivity index is 1.70. The predicted octanol–water partition coefficient (Wildman–Crippen LogP) is 5.11. The molecule has 2 amide bonds. The van der Waals surface area contributed by atoms with Crippen molar-refractivity contribution in [2.45, 2.75) is 43.0 Å². The first-order valence-electron chi connectivity index (χ1n) is 9.46. The molecule has 160 valence electrons. The van der Waals surface area contributed by atoms with Gasteiger partial charge in [-0.15, -0.1) is 23.2 Å². The fourth-order valence-electron chi connectivity index (χ4n) is 3.04. The van der Waals surface area contributed by atoms with Crippen LogP contribution in [0, 0.1) is 0 Å². The van der Waals surface area contributed by atoms with Crippen LogP contribution in [0.4, 0.5) is 11.4 Å². The molecule has 1 saturated carbocycles. The van der Waals surface area contributed by atoms with Crippen LogP contribution < -0.4 is 20.1 Å². The van der Waals surface area contributed by atoms with Crippen LogP contribution in [0.3, 0.4) is 0 Å². The molecule has 2 aromatic rings. The molecule has 0 aliphatic heterocycles. The number of carbonyl (C=O) groups excluding carboxylic acids is 2. The van der Waals surface area contributed by atoms with Crippen molar-refractivity contribution in [3.05, 3.63) is 48.0 Å². The van der Waals surface area contributed by atoms with Crippen LogP contribution in [-0.4, -0.2) is 28.9 Å². The fraction of sp³-hybridized carbons (Fsp3) is 0.364. The fourth-order valence-corrected chi connectivity index (χ4v) is 3.60. The number of alkyl halides is 2. The molecule has 30 heavy (non-hydrogen) atoms. The maximum atomic E-state index is 12.9. The van der Waals surface area contributed by atoms with E-state index in [2.05, 4.69) is 10.6 Å². The number of benzene rings is 2. The van der Waals surface area contributed by atoms with E-state index in [9.17, 15) is 9.59 Å². The van der Waals surface area contributed by atoms with Gasteiger partial charge in [0.25, 0.3) is 5.91 Å². The van der Waals surface area contributed by atoms with E-state index in [1.165, 1.54) is 14.0 Å². The number of hydrogen-bond acceptors (Lipinski definition) is 4. The van der Waals surface area contributed by atoms with Crippen molar-refractivity contribution in [2.75, 3.05) is 17.7 Å². The van der Waals surface area contributed by atoms with Gasteiger partial charge in [-0.3, -0.25) is 9.59 Å². The molecule has 2 aromatic carbocycles. The SMILES string of the molecule is COc1ccc(NC(C)=O)cc1NC(=O)C(C)(C)Oc1ccc([C@@H]2CC2(Cl)Cl)cc1.